The van der Waals surface area contributed by atoms with Crippen LogP contribution in [0.4, 0.5) is 0 Å². The van der Waals surface area contributed by atoms with E-state index in [1.807, 2.05) is 6.49 Å². The van der Waals surface area contributed by atoms with Crippen molar-refractivity contribution in [3.05, 3.63) is 80.2 Å². The molecule has 0 atom stereocenters. The van der Waals surface area contributed by atoms with Crippen LogP contribution in [-0.4, -0.2) is 3.21 Å². The molecule has 0 N–H and O–H groups in total. The Morgan fingerprint density at radius 2 is 1.50 bits per heavy atom. The molecule has 118 valence electrons. The van der Waals surface area contributed by atoms with E-state index in [9.17, 15) is 0 Å². The third kappa shape index (κ3) is 2.32. The van der Waals surface area contributed by atoms with Gasteiger partial charge in [0.05, 0.1) is 0 Å². The van der Waals surface area contributed by atoms with Gasteiger partial charge in [-0.15, -0.1) is 0 Å². The average Bonchev–Trinajstić information content (AvgIpc) is 3.17. The van der Waals surface area contributed by atoms with E-state index in [1.165, 1.54) is 41.5 Å². The summed E-state index contributed by atoms with van der Waals surface area (Å²) >= 11 is -1.80. The van der Waals surface area contributed by atoms with Gasteiger partial charge in [-0.25, -0.2) is 0 Å². The molecular weight excluding hydrogens is 367 g/mol. The number of hydrogen-bond acceptors (Lipinski definition) is 0. The van der Waals surface area contributed by atoms with Gasteiger partial charge in [0.25, 0.3) is 0 Å². The Hall–Kier alpha value is -1.33. The first kappa shape index (κ1) is 15.0. The van der Waals surface area contributed by atoms with E-state index in [4.69, 9.17) is 0 Å². The summed E-state index contributed by atoms with van der Waals surface area (Å²) in [6.45, 7) is 4.45. The minimum absolute atomic E-state index is 0.710. The summed E-state index contributed by atoms with van der Waals surface area (Å²) in [7, 11) is 0. The summed E-state index contributed by atoms with van der Waals surface area (Å²) < 4.78 is 4.48. The van der Waals surface area contributed by atoms with Crippen molar-refractivity contribution >= 4 is 3.21 Å². The third-order valence-electron chi connectivity index (χ3n) is 5.62. The predicted molar refractivity (Wildman–Crippen MR) is 99.3 cm³/mol. The molecule has 0 radical (unpaired) electrons. The fourth-order valence-electron chi connectivity index (χ4n) is 4.38. The van der Waals surface area contributed by atoms with Gasteiger partial charge in [-0.05, 0) is 0 Å². The van der Waals surface area contributed by atoms with E-state index < -0.39 is 21.3 Å². The number of allylic oxidation sites excluding steroid dienone is 4. The molecule has 1 heteroatoms. The van der Waals surface area contributed by atoms with Gasteiger partial charge in [0.1, 0.15) is 0 Å². The third-order valence-corrected chi connectivity index (χ3v) is 14.3. The Labute approximate surface area is 152 Å². The maximum absolute atomic E-state index is 2.46. The van der Waals surface area contributed by atoms with Gasteiger partial charge in [-0.1, -0.05) is 0 Å². The molecule has 0 amide bonds. The number of fused-ring (bicyclic) bond motifs is 3. The van der Waals surface area contributed by atoms with Crippen molar-refractivity contribution in [3.63, 3.8) is 0 Å². The Morgan fingerprint density at radius 3 is 2.00 bits per heavy atom. The minimum atomic E-state index is -1.80. The fourth-order valence-corrected chi connectivity index (χ4v) is 13.3. The molecule has 2 aromatic carbocycles. The topological polar surface area (TPSA) is 0 Å². The summed E-state index contributed by atoms with van der Waals surface area (Å²) in [5.41, 5.74) is 9.06. The SMILES string of the molecule is Cc1ccc2c(c1)-c1cc(C)ccc1[CH]2[Zr]([C]1=CC=CC1)=[C]1CC1. The van der Waals surface area contributed by atoms with E-state index in [1.54, 1.807) is 11.1 Å². The van der Waals surface area contributed by atoms with Gasteiger partial charge >= 0.3 is 152 Å². The molecule has 5 rings (SSSR count). The predicted octanol–water partition coefficient (Wildman–Crippen LogP) is 5.80. The molecule has 0 bridgehead atoms. The molecule has 0 unspecified atom stereocenters. The molecular formula is C23H22Zr. The van der Waals surface area contributed by atoms with Crippen LogP contribution in [0.15, 0.2) is 57.9 Å². The Kier molecular flexibility index (Phi) is 3.49. The molecule has 3 aliphatic carbocycles. The number of benzene rings is 2. The van der Waals surface area contributed by atoms with Crippen molar-refractivity contribution in [2.24, 2.45) is 0 Å². The average molecular weight is 390 g/mol. The molecule has 3 aliphatic rings. The van der Waals surface area contributed by atoms with Crippen LogP contribution >= 0.6 is 0 Å². The molecule has 1 fully saturated rings. The molecule has 24 heavy (non-hydrogen) atoms. The summed E-state index contributed by atoms with van der Waals surface area (Å²) in [6, 6.07) is 14.4. The Morgan fingerprint density at radius 1 is 0.875 bits per heavy atom. The van der Waals surface area contributed by atoms with Gasteiger partial charge in [-0.2, -0.15) is 0 Å². The van der Waals surface area contributed by atoms with E-state index >= 15 is 0 Å². The van der Waals surface area contributed by atoms with Crippen LogP contribution < -0.4 is 0 Å². The van der Waals surface area contributed by atoms with Crippen LogP contribution in [0.3, 0.4) is 0 Å². The van der Waals surface area contributed by atoms with Crippen LogP contribution in [0.1, 0.15) is 45.1 Å². The molecule has 0 heterocycles. The number of aryl methyl sites for hydroxylation is 2. The van der Waals surface area contributed by atoms with Crippen molar-refractivity contribution in [1.29, 1.82) is 0 Å². The quantitative estimate of drug-likeness (QED) is 0.609. The normalized spacial score (nSPS) is 17.8. The zero-order valence-electron chi connectivity index (χ0n) is 14.4. The second kappa shape index (κ2) is 5.60. The van der Waals surface area contributed by atoms with Crippen molar-refractivity contribution in [2.45, 2.75) is 36.7 Å². The van der Waals surface area contributed by atoms with E-state index in [0.717, 1.165) is 0 Å². The zero-order valence-corrected chi connectivity index (χ0v) is 16.9. The molecule has 0 saturated heterocycles. The first-order valence-electron chi connectivity index (χ1n) is 9.02. The standard InChI is InChI=1S/C15H13.C5H5.C3H4.Zr/c1-10-3-5-12-9-13-6-4-11(2)8-15(13)14(12)7-10;1-2-4-5-3-1;1-2-3-1;/h3-9H,1-2H3;1-3H,4H2;1-2H2;. The first-order valence-corrected chi connectivity index (χ1v) is 12.9. The first-order chi connectivity index (χ1) is 11.7. The number of rotatable bonds is 2. The molecule has 0 aromatic heterocycles. The summed E-state index contributed by atoms with van der Waals surface area (Å²) in [5.74, 6) is 0. The van der Waals surface area contributed by atoms with Gasteiger partial charge in [-0.3, -0.25) is 0 Å². The molecule has 0 nitrogen and oxygen atoms in total. The molecule has 0 aliphatic heterocycles. The molecule has 0 spiro atoms. The van der Waals surface area contributed by atoms with E-state index in [0.29, 0.717) is 3.63 Å². The number of hydrogen-bond donors (Lipinski definition) is 0. The Balaban J connectivity index is 1.77. The summed E-state index contributed by atoms with van der Waals surface area (Å²) in [4.78, 5) is 0. The fraction of sp³-hybridized carbons (Fsp3) is 0.261. The molecule has 2 aromatic rings. The van der Waals surface area contributed by atoms with Crippen molar-refractivity contribution in [2.75, 3.05) is 0 Å². The maximum atomic E-state index is 2.46. The monoisotopic (exact) mass is 388 g/mol. The van der Waals surface area contributed by atoms with Crippen LogP contribution in [-0.2, 0) is 21.3 Å². The van der Waals surface area contributed by atoms with Crippen molar-refractivity contribution in [3.8, 4) is 11.1 Å². The van der Waals surface area contributed by atoms with Gasteiger partial charge in [0.15, 0.2) is 0 Å². The van der Waals surface area contributed by atoms with Gasteiger partial charge < -0.3 is 0 Å². The van der Waals surface area contributed by atoms with Crippen molar-refractivity contribution < 1.29 is 21.3 Å². The summed E-state index contributed by atoms with van der Waals surface area (Å²) in [5, 5.41) is 0. The van der Waals surface area contributed by atoms with Crippen molar-refractivity contribution in [1.82, 2.24) is 0 Å². The zero-order chi connectivity index (χ0) is 16.3. The van der Waals surface area contributed by atoms with Gasteiger partial charge in [0, 0.05) is 0 Å². The van der Waals surface area contributed by atoms with E-state index in [2.05, 4.69) is 68.5 Å². The molecule has 1 saturated carbocycles. The summed E-state index contributed by atoms with van der Waals surface area (Å²) in [6.07, 6.45) is 11.1. The Bertz CT molecular complexity index is 898. The van der Waals surface area contributed by atoms with Crippen LogP contribution in [0.2, 0.25) is 0 Å². The van der Waals surface area contributed by atoms with Crippen LogP contribution in [0.5, 0.6) is 0 Å². The second-order valence-electron chi connectivity index (χ2n) is 7.46. The van der Waals surface area contributed by atoms with Gasteiger partial charge in [0.2, 0.25) is 0 Å². The van der Waals surface area contributed by atoms with Crippen LogP contribution in [0.25, 0.3) is 11.1 Å². The van der Waals surface area contributed by atoms with Crippen LogP contribution in [0, 0.1) is 13.8 Å². The second-order valence-corrected chi connectivity index (χ2v) is 14.2. The van der Waals surface area contributed by atoms with E-state index in [-0.39, 0.29) is 0 Å².